The molecule has 0 aliphatic heterocycles. The molecule has 0 amide bonds. The molecular formula is C30H44O4. The van der Waals surface area contributed by atoms with Crippen LogP contribution in [0.25, 0.3) is 0 Å². The fraction of sp³-hybridized carbons (Fsp3) is 0.700. The van der Waals surface area contributed by atoms with Gasteiger partial charge in [0.2, 0.25) is 0 Å². The summed E-state index contributed by atoms with van der Waals surface area (Å²) in [5.41, 5.74) is 2.80. The lowest BCUT2D eigenvalue weighted by atomic mass is 9.57. The standard InChI is InChI=1S/C30H44O4/c1-19-22(17-23(32)18-25(19)33)9-8-21-7-6-13-29(5)24(21)10-11-26(29)28(3,4)14-12-27(34)30(15-16-30)20(2)31/h8-9,12,14,23-27,32-34H,1,6-7,10-11,13,15-18H2,2-5H3/b14-12+,21-8+,22-9-/t23-,24+,25+,26-,27+,29+/m1/s1. The van der Waals surface area contributed by atoms with Crippen molar-refractivity contribution in [3.8, 4) is 0 Å². The van der Waals surface area contributed by atoms with Gasteiger partial charge in [0.1, 0.15) is 5.78 Å². The number of allylic oxidation sites excluding steroid dienone is 4. The molecule has 0 aromatic heterocycles. The molecule has 4 heteroatoms. The zero-order valence-electron chi connectivity index (χ0n) is 21.5. The molecule has 0 heterocycles. The summed E-state index contributed by atoms with van der Waals surface area (Å²) < 4.78 is 0. The average Bonchev–Trinajstić information content (AvgIpc) is 3.50. The number of Topliss-reactive ketones (excluding diaryl/α,β-unsaturated/α-hetero) is 1. The molecule has 0 spiro atoms. The van der Waals surface area contributed by atoms with Gasteiger partial charge in [-0.15, -0.1) is 0 Å². The summed E-state index contributed by atoms with van der Waals surface area (Å²) in [6, 6.07) is 0. The summed E-state index contributed by atoms with van der Waals surface area (Å²) in [7, 11) is 0. The highest BCUT2D eigenvalue weighted by molar-refractivity contribution is 5.86. The van der Waals surface area contributed by atoms with Crippen LogP contribution in [0, 0.1) is 28.1 Å². The summed E-state index contributed by atoms with van der Waals surface area (Å²) in [6.07, 6.45) is 14.9. The van der Waals surface area contributed by atoms with E-state index in [1.165, 1.54) is 24.8 Å². The van der Waals surface area contributed by atoms with E-state index in [0.717, 1.165) is 36.8 Å². The normalized spacial score (nSPS) is 39.0. The Morgan fingerprint density at radius 1 is 1.18 bits per heavy atom. The topological polar surface area (TPSA) is 77.8 Å². The number of carbonyl (C=O) groups excluding carboxylic acids is 1. The number of aliphatic hydroxyl groups excluding tert-OH is 3. The zero-order valence-corrected chi connectivity index (χ0v) is 21.5. The van der Waals surface area contributed by atoms with E-state index in [4.69, 9.17) is 0 Å². The Bertz CT molecular complexity index is 918. The number of carbonyl (C=O) groups is 1. The highest BCUT2D eigenvalue weighted by atomic mass is 16.3. The molecule has 0 aromatic rings. The van der Waals surface area contributed by atoms with Crippen LogP contribution in [0.2, 0.25) is 0 Å². The maximum Gasteiger partial charge on any atom is 0.138 e. The molecule has 4 aliphatic rings. The molecule has 4 fully saturated rings. The molecule has 4 nitrogen and oxygen atoms in total. The third-order valence-corrected chi connectivity index (χ3v) is 9.89. The van der Waals surface area contributed by atoms with Crippen molar-refractivity contribution in [1.29, 1.82) is 0 Å². The van der Waals surface area contributed by atoms with Gasteiger partial charge >= 0.3 is 0 Å². The lowest BCUT2D eigenvalue weighted by Crippen LogP contribution is -2.39. The second-order valence-electron chi connectivity index (χ2n) is 12.4. The van der Waals surface area contributed by atoms with Crippen LogP contribution in [0.5, 0.6) is 0 Å². The molecule has 4 aliphatic carbocycles. The molecule has 0 aromatic carbocycles. The van der Waals surface area contributed by atoms with Crippen molar-refractivity contribution in [2.75, 3.05) is 0 Å². The van der Waals surface area contributed by atoms with E-state index in [1.54, 1.807) is 6.92 Å². The van der Waals surface area contributed by atoms with Gasteiger partial charge in [-0.3, -0.25) is 4.79 Å². The van der Waals surface area contributed by atoms with Gasteiger partial charge in [-0.2, -0.15) is 0 Å². The second-order valence-corrected chi connectivity index (χ2v) is 12.4. The number of hydrogen-bond acceptors (Lipinski definition) is 4. The molecule has 6 atom stereocenters. The Morgan fingerprint density at radius 3 is 2.53 bits per heavy atom. The number of aliphatic hydroxyl groups is 3. The largest absolute Gasteiger partial charge is 0.393 e. The van der Waals surface area contributed by atoms with Crippen molar-refractivity contribution >= 4 is 5.78 Å². The van der Waals surface area contributed by atoms with Crippen LogP contribution in [0.4, 0.5) is 0 Å². The molecule has 4 rings (SSSR count). The maximum absolute atomic E-state index is 12.0. The molecule has 34 heavy (non-hydrogen) atoms. The first-order valence-corrected chi connectivity index (χ1v) is 13.2. The van der Waals surface area contributed by atoms with Gasteiger partial charge < -0.3 is 15.3 Å². The van der Waals surface area contributed by atoms with Crippen LogP contribution in [0.15, 0.2) is 47.6 Å². The highest BCUT2D eigenvalue weighted by Crippen LogP contribution is 2.62. The summed E-state index contributed by atoms with van der Waals surface area (Å²) in [5, 5.41) is 31.0. The molecule has 3 N–H and O–H groups in total. The van der Waals surface area contributed by atoms with Gasteiger partial charge in [0.05, 0.1) is 23.7 Å². The fourth-order valence-corrected chi connectivity index (χ4v) is 7.56. The van der Waals surface area contributed by atoms with Gasteiger partial charge in [-0.1, -0.05) is 57.2 Å². The lowest BCUT2D eigenvalue weighted by molar-refractivity contribution is -0.124. The van der Waals surface area contributed by atoms with Crippen molar-refractivity contribution in [2.24, 2.45) is 28.1 Å². The van der Waals surface area contributed by atoms with Crippen LogP contribution in [-0.4, -0.2) is 39.4 Å². The molecule has 4 saturated carbocycles. The summed E-state index contributed by atoms with van der Waals surface area (Å²) >= 11 is 0. The van der Waals surface area contributed by atoms with Crippen LogP contribution in [0.3, 0.4) is 0 Å². The van der Waals surface area contributed by atoms with Crippen LogP contribution in [-0.2, 0) is 4.79 Å². The van der Waals surface area contributed by atoms with E-state index in [0.29, 0.717) is 24.7 Å². The third kappa shape index (κ3) is 4.54. The van der Waals surface area contributed by atoms with Gasteiger partial charge in [0.15, 0.2) is 0 Å². The maximum atomic E-state index is 12.0. The van der Waals surface area contributed by atoms with Crippen LogP contribution in [0.1, 0.15) is 85.5 Å². The first-order valence-electron chi connectivity index (χ1n) is 13.2. The Morgan fingerprint density at radius 2 is 1.88 bits per heavy atom. The molecule has 0 bridgehead atoms. The summed E-state index contributed by atoms with van der Waals surface area (Å²) in [4.78, 5) is 12.0. The summed E-state index contributed by atoms with van der Waals surface area (Å²) in [6.45, 7) is 12.7. The Hall–Kier alpha value is -1.49. The predicted octanol–water partition coefficient (Wildman–Crippen LogP) is 5.44. The smallest absolute Gasteiger partial charge is 0.138 e. The summed E-state index contributed by atoms with van der Waals surface area (Å²) in [5.74, 6) is 1.14. The number of hydrogen-bond donors (Lipinski definition) is 3. The Kier molecular flexibility index (Phi) is 6.92. The number of ketones is 1. The average molecular weight is 469 g/mol. The first-order chi connectivity index (χ1) is 15.9. The fourth-order valence-electron chi connectivity index (χ4n) is 7.56. The van der Waals surface area contributed by atoms with Gasteiger partial charge in [-0.05, 0) is 92.1 Å². The van der Waals surface area contributed by atoms with E-state index in [-0.39, 0.29) is 16.6 Å². The number of fused-ring (bicyclic) bond motifs is 1. The Labute approximate surface area is 205 Å². The molecule has 0 saturated heterocycles. The second kappa shape index (κ2) is 9.19. The lowest BCUT2D eigenvalue weighted by Gasteiger charge is -2.47. The monoisotopic (exact) mass is 468 g/mol. The zero-order chi connectivity index (χ0) is 24.9. The van der Waals surface area contributed by atoms with Gasteiger partial charge in [0, 0.05) is 6.42 Å². The van der Waals surface area contributed by atoms with Crippen LogP contribution >= 0.6 is 0 Å². The first kappa shape index (κ1) is 25.6. The quantitative estimate of drug-likeness (QED) is 0.454. The number of rotatable bonds is 6. The van der Waals surface area contributed by atoms with E-state index in [1.807, 2.05) is 6.08 Å². The van der Waals surface area contributed by atoms with E-state index in [2.05, 4.69) is 45.6 Å². The molecule has 0 unspecified atom stereocenters. The van der Waals surface area contributed by atoms with E-state index in [9.17, 15) is 20.1 Å². The molecule has 0 radical (unpaired) electrons. The van der Waals surface area contributed by atoms with Crippen molar-refractivity contribution in [3.05, 3.63) is 47.6 Å². The van der Waals surface area contributed by atoms with E-state index >= 15 is 0 Å². The van der Waals surface area contributed by atoms with Crippen molar-refractivity contribution in [3.63, 3.8) is 0 Å². The van der Waals surface area contributed by atoms with Gasteiger partial charge in [-0.25, -0.2) is 0 Å². The minimum Gasteiger partial charge on any atom is -0.393 e. The van der Waals surface area contributed by atoms with Crippen molar-refractivity contribution in [2.45, 2.75) is 104 Å². The SMILES string of the molecule is C=C1/C(=C\C=C2/CCC[C@]3(C)[C@@H](C(C)(C)/C=C/[C@H](O)C4(C(C)=O)CC4)CC[C@@H]23)C[C@@H](O)C[C@@H]1O. The van der Waals surface area contributed by atoms with E-state index < -0.39 is 23.7 Å². The molecule has 188 valence electrons. The Balaban J connectivity index is 1.52. The molecular weight excluding hydrogens is 424 g/mol. The van der Waals surface area contributed by atoms with Crippen LogP contribution < -0.4 is 0 Å². The van der Waals surface area contributed by atoms with Crippen molar-refractivity contribution in [1.82, 2.24) is 0 Å². The predicted molar refractivity (Wildman–Crippen MR) is 136 cm³/mol. The third-order valence-electron chi connectivity index (χ3n) is 9.89. The minimum absolute atomic E-state index is 0.0653. The minimum atomic E-state index is -0.683. The highest BCUT2D eigenvalue weighted by Gasteiger charge is 2.54. The van der Waals surface area contributed by atoms with Gasteiger partial charge in [0.25, 0.3) is 0 Å². The van der Waals surface area contributed by atoms with Crippen molar-refractivity contribution < 1.29 is 20.1 Å².